The van der Waals surface area contributed by atoms with Crippen molar-refractivity contribution in [3.05, 3.63) is 45.5 Å². The van der Waals surface area contributed by atoms with E-state index in [1.807, 2.05) is 11.4 Å². The number of furan rings is 1. The summed E-state index contributed by atoms with van der Waals surface area (Å²) in [6.45, 7) is 2.39. The molecular formula is C16H17NO3S. The first-order valence-electron chi connectivity index (χ1n) is 6.58. The van der Waals surface area contributed by atoms with Crippen molar-refractivity contribution in [3.8, 4) is 11.8 Å². The minimum absolute atomic E-state index is 0.0532. The van der Waals surface area contributed by atoms with E-state index < -0.39 is 0 Å². The molecule has 1 N–H and O–H groups in total. The molecular weight excluding hydrogens is 286 g/mol. The monoisotopic (exact) mass is 303 g/mol. The molecule has 0 fully saturated rings. The van der Waals surface area contributed by atoms with Crippen molar-refractivity contribution >= 4 is 17.2 Å². The third-order valence-corrected chi connectivity index (χ3v) is 3.87. The van der Waals surface area contributed by atoms with Gasteiger partial charge in [0.05, 0.1) is 25.0 Å². The van der Waals surface area contributed by atoms with Gasteiger partial charge in [0.2, 0.25) is 0 Å². The Bertz CT molecular complexity index is 675. The predicted octanol–water partition coefficient (Wildman–Crippen LogP) is 2.66. The van der Waals surface area contributed by atoms with Gasteiger partial charge in [0.1, 0.15) is 5.76 Å². The fraction of sp³-hybridized carbons (Fsp3) is 0.312. The van der Waals surface area contributed by atoms with E-state index in [4.69, 9.17) is 9.52 Å². The summed E-state index contributed by atoms with van der Waals surface area (Å²) in [5.74, 6) is 6.45. The molecule has 2 aromatic heterocycles. The van der Waals surface area contributed by atoms with Crippen LogP contribution in [0.15, 0.2) is 28.2 Å². The number of hydrogen-bond acceptors (Lipinski definition) is 4. The fourth-order valence-electron chi connectivity index (χ4n) is 1.87. The molecule has 0 atom stereocenters. The summed E-state index contributed by atoms with van der Waals surface area (Å²) in [6, 6.07) is 3.66. The van der Waals surface area contributed by atoms with Crippen LogP contribution in [0.25, 0.3) is 0 Å². The molecule has 2 rings (SSSR count). The molecule has 2 heterocycles. The Labute approximate surface area is 128 Å². The van der Waals surface area contributed by atoms with Crippen molar-refractivity contribution in [2.75, 3.05) is 13.7 Å². The highest BCUT2D eigenvalue weighted by Crippen LogP contribution is 2.18. The molecule has 0 aliphatic heterocycles. The van der Waals surface area contributed by atoms with Crippen molar-refractivity contribution in [1.29, 1.82) is 0 Å². The molecule has 5 heteroatoms. The molecule has 0 saturated heterocycles. The highest BCUT2D eigenvalue weighted by molar-refractivity contribution is 7.10. The maximum atomic E-state index is 12.3. The van der Waals surface area contributed by atoms with Gasteiger partial charge in [-0.25, -0.2) is 0 Å². The minimum Gasteiger partial charge on any atom is -0.469 e. The standard InChI is InChI=1S/C16H17NO3S/c1-12-15(6-8-20-12)16(19)17(2)10-14-9-13(11-21-14)5-3-4-7-18/h6,8-9,11,18H,4,7,10H2,1-2H3. The largest absolute Gasteiger partial charge is 0.469 e. The molecule has 0 bridgehead atoms. The third-order valence-electron chi connectivity index (χ3n) is 2.95. The lowest BCUT2D eigenvalue weighted by molar-refractivity contribution is 0.0784. The van der Waals surface area contributed by atoms with Gasteiger partial charge in [-0.15, -0.1) is 11.3 Å². The Kier molecular flexibility index (Phi) is 5.20. The van der Waals surface area contributed by atoms with Crippen molar-refractivity contribution in [3.63, 3.8) is 0 Å². The van der Waals surface area contributed by atoms with Crippen molar-refractivity contribution in [2.45, 2.75) is 19.9 Å². The Morgan fingerprint density at radius 2 is 2.33 bits per heavy atom. The molecule has 110 valence electrons. The van der Waals surface area contributed by atoms with Gasteiger partial charge in [0.15, 0.2) is 0 Å². The molecule has 0 unspecified atom stereocenters. The number of nitrogens with zero attached hydrogens (tertiary/aromatic N) is 1. The molecule has 0 saturated carbocycles. The molecule has 0 radical (unpaired) electrons. The van der Waals surface area contributed by atoms with Gasteiger partial charge in [-0.3, -0.25) is 4.79 Å². The zero-order valence-electron chi connectivity index (χ0n) is 12.0. The van der Waals surface area contributed by atoms with Crippen molar-refractivity contribution < 1.29 is 14.3 Å². The predicted molar refractivity (Wildman–Crippen MR) is 82.1 cm³/mol. The number of carbonyl (C=O) groups excluding carboxylic acids is 1. The summed E-state index contributed by atoms with van der Waals surface area (Å²) in [5, 5.41) is 10.7. The number of rotatable bonds is 4. The number of amides is 1. The molecule has 4 nitrogen and oxygen atoms in total. The average Bonchev–Trinajstić information content (AvgIpc) is 3.07. The highest BCUT2D eigenvalue weighted by atomic mass is 32.1. The van der Waals surface area contributed by atoms with E-state index in [1.165, 1.54) is 6.26 Å². The van der Waals surface area contributed by atoms with Crippen molar-refractivity contribution in [2.24, 2.45) is 0 Å². The summed E-state index contributed by atoms with van der Waals surface area (Å²) < 4.78 is 5.16. The second-order valence-electron chi connectivity index (χ2n) is 4.63. The highest BCUT2D eigenvalue weighted by Gasteiger charge is 2.16. The first-order valence-corrected chi connectivity index (χ1v) is 7.46. The maximum Gasteiger partial charge on any atom is 0.257 e. The van der Waals surface area contributed by atoms with Crippen LogP contribution in [-0.4, -0.2) is 29.6 Å². The van der Waals surface area contributed by atoms with Crippen LogP contribution in [0, 0.1) is 18.8 Å². The van der Waals surface area contributed by atoms with E-state index in [9.17, 15) is 4.79 Å². The summed E-state index contributed by atoms with van der Waals surface area (Å²) in [6.07, 6.45) is 2.00. The number of thiophene rings is 1. The number of aliphatic hydroxyl groups excluding tert-OH is 1. The Morgan fingerprint density at radius 1 is 1.52 bits per heavy atom. The van der Waals surface area contributed by atoms with Gasteiger partial charge >= 0.3 is 0 Å². The molecule has 0 aromatic carbocycles. The zero-order valence-corrected chi connectivity index (χ0v) is 12.9. The number of aryl methyl sites for hydroxylation is 1. The smallest absolute Gasteiger partial charge is 0.257 e. The lowest BCUT2D eigenvalue weighted by Gasteiger charge is -2.15. The normalized spacial score (nSPS) is 10.0. The Morgan fingerprint density at radius 3 is 3.00 bits per heavy atom. The quantitative estimate of drug-likeness (QED) is 0.884. The summed E-state index contributed by atoms with van der Waals surface area (Å²) in [5.41, 5.74) is 1.51. The maximum absolute atomic E-state index is 12.3. The summed E-state index contributed by atoms with van der Waals surface area (Å²) >= 11 is 1.57. The molecule has 0 aliphatic carbocycles. The van der Waals surface area contributed by atoms with E-state index in [-0.39, 0.29) is 12.5 Å². The second kappa shape index (κ2) is 7.11. The zero-order chi connectivity index (χ0) is 15.2. The van der Waals surface area contributed by atoms with Gasteiger partial charge in [0.25, 0.3) is 5.91 Å². The van der Waals surface area contributed by atoms with Crippen LogP contribution in [-0.2, 0) is 6.54 Å². The number of carbonyl (C=O) groups is 1. The van der Waals surface area contributed by atoms with Crippen molar-refractivity contribution in [1.82, 2.24) is 4.90 Å². The van der Waals surface area contributed by atoms with Gasteiger partial charge < -0.3 is 14.4 Å². The van der Waals surface area contributed by atoms with Crippen LogP contribution in [0.5, 0.6) is 0 Å². The van der Waals surface area contributed by atoms with E-state index in [2.05, 4.69) is 11.8 Å². The van der Waals surface area contributed by atoms with Gasteiger partial charge in [0, 0.05) is 29.3 Å². The lowest BCUT2D eigenvalue weighted by atomic mass is 10.2. The lowest BCUT2D eigenvalue weighted by Crippen LogP contribution is -2.25. The van der Waals surface area contributed by atoms with Crippen LogP contribution in [0.2, 0.25) is 0 Å². The van der Waals surface area contributed by atoms with Crippen LogP contribution < -0.4 is 0 Å². The topological polar surface area (TPSA) is 53.7 Å². The van der Waals surface area contributed by atoms with Crippen LogP contribution in [0.3, 0.4) is 0 Å². The Balaban J connectivity index is 2.00. The summed E-state index contributed by atoms with van der Waals surface area (Å²) in [4.78, 5) is 15.0. The van der Waals surface area contributed by atoms with Gasteiger partial charge in [-0.05, 0) is 19.1 Å². The first kappa shape index (κ1) is 15.4. The molecule has 2 aromatic rings. The molecule has 21 heavy (non-hydrogen) atoms. The Hall–Kier alpha value is -2.03. The minimum atomic E-state index is -0.0532. The van der Waals surface area contributed by atoms with Gasteiger partial charge in [-0.1, -0.05) is 11.8 Å². The van der Waals surface area contributed by atoms with E-state index in [0.717, 1.165) is 10.4 Å². The molecule has 0 spiro atoms. The number of hydrogen-bond donors (Lipinski definition) is 1. The molecule has 0 aliphatic rings. The summed E-state index contributed by atoms with van der Waals surface area (Å²) in [7, 11) is 1.77. The van der Waals surface area contributed by atoms with Crippen LogP contribution in [0.1, 0.15) is 33.0 Å². The van der Waals surface area contributed by atoms with Crippen LogP contribution >= 0.6 is 11.3 Å². The third kappa shape index (κ3) is 3.97. The van der Waals surface area contributed by atoms with Crippen LogP contribution in [0.4, 0.5) is 0 Å². The fourth-order valence-corrected chi connectivity index (χ4v) is 2.74. The SMILES string of the molecule is Cc1occc1C(=O)N(C)Cc1cc(C#CCCO)cs1. The second-order valence-corrected chi connectivity index (χ2v) is 5.62. The first-order chi connectivity index (χ1) is 10.1. The van der Waals surface area contributed by atoms with E-state index >= 15 is 0 Å². The van der Waals surface area contributed by atoms with Gasteiger partial charge in [-0.2, -0.15) is 0 Å². The van der Waals surface area contributed by atoms with E-state index in [0.29, 0.717) is 24.3 Å². The number of aliphatic hydroxyl groups is 1. The molecule has 1 amide bonds. The van der Waals surface area contributed by atoms with E-state index in [1.54, 1.807) is 36.3 Å². The average molecular weight is 303 g/mol.